The molecule has 73 heavy (non-hydrogen) atoms. The fraction of sp³-hybridized carbons (Fsp3) is 0.526. The summed E-state index contributed by atoms with van der Waals surface area (Å²) in [5, 5.41) is 18.6. The number of rotatable bonds is 12. The van der Waals surface area contributed by atoms with Crippen LogP contribution in [0.4, 0.5) is 20.3 Å². The average Bonchev–Trinajstić information content (AvgIpc) is 3.95. The molecule has 13 rings (SSSR count). The highest BCUT2D eigenvalue weighted by molar-refractivity contribution is 6.06. The highest BCUT2D eigenvalue weighted by Gasteiger charge is 2.50. The van der Waals surface area contributed by atoms with E-state index in [1.54, 1.807) is 11.0 Å². The molecule has 2 bridgehead atoms. The Balaban J connectivity index is 0.629. The predicted octanol–water partition coefficient (Wildman–Crippen LogP) is 7.17. The van der Waals surface area contributed by atoms with Crippen molar-refractivity contribution in [3.63, 3.8) is 0 Å². The summed E-state index contributed by atoms with van der Waals surface area (Å²) in [5.41, 5.74) is 4.19. The summed E-state index contributed by atoms with van der Waals surface area (Å²) in [5.74, 6) is -1.13. The van der Waals surface area contributed by atoms with Gasteiger partial charge in [-0.2, -0.15) is 9.97 Å². The van der Waals surface area contributed by atoms with Crippen LogP contribution in [0.15, 0.2) is 54.6 Å². The molecular weight excluding hydrogens is 929 g/mol. The van der Waals surface area contributed by atoms with E-state index in [2.05, 4.69) is 36.3 Å². The van der Waals surface area contributed by atoms with E-state index >= 15 is 8.78 Å². The molecule has 16 heteroatoms. The van der Waals surface area contributed by atoms with Gasteiger partial charge < -0.3 is 34.8 Å². The van der Waals surface area contributed by atoms with Crippen molar-refractivity contribution in [2.45, 2.75) is 102 Å². The molecule has 382 valence electrons. The van der Waals surface area contributed by atoms with Crippen LogP contribution in [0.5, 0.6) is 11.8 Å². The Hall–Kier alpha value is -5.97. The van der Waals surface area contributed by atoms with E-state index in [0.717, 1.165) is 101 Å². The Morgan fingerprint density at radius 3 is 2.36 bits per heavy atom. The molecule has 3 N–H and O–H groups in total. The molecule has 3 atom stereocenters. The lowest BCUT2D eigenvalue weighted by Gasteiger charge is -2.54. The Kier molecular flexibility index (Phi) is 11.6. The number of benzene rings is 4. The van der Waals surface area contributed by atoms with Gasteiger partial charge >= 0.3 is 6.01 Å². The van der Waals surface area contributed by atoms with Crippen LogP contribution in [0, 0.1) is 28.4 Å². The number of nitrogens with one attached hydrogen (secondary N) is 2. The van der Waals surface area contributed by atoms with Gasteiger partial charge in [0.2, 0.25) is 11.8 Å². The van der Waals surface area contributed by atoms with Crippen molar-refractivity contribution in [2.24, 2.45) is 16.7 Å². The Labute approximate surface area is 424 Å². The van der Waals surface area contributed by atoms with Crippen molar-refractivity contribution in [1.82, 2.24) is 35.3 Å². The minimum atomic E-state index is -0.779. The molecule has 3 amide bonds. The molecule has 2 aliphatic carbocycles. The van der Waals surface area contributed by atoms with E-state index in [1.165, 1.54) is 37.8 Å². The topological polar surface area (TPSA) is 147 Å². The van der Waals surface area contributed by atoms with E-state index in [1.807, 2.05) is 37.3 Å². The number of aryl methyl sites for hydroxylation is 1. The maximum atomic E-state index is 17.3. The normalized spacial score (nSPS) is 24.9. The van der Waals surface area contributed by atoms with Crippen LogP contribution in [-0.2, 0) is 22.6 Å². The van der Waals surface area contributed by atoms with Gasteiger partial charge in [0, 0.05) is 99.5 Å². The summed E-state index contributed by atoms with van der Waals surface area (Å²) in [6.07, 6.45) is 10.5. The van der Waals surface area contributed by atoms with Crippen LogP contribution in [0.1, 0.15) is 92.6 Å². The number of likely N-dealkylation sites (tertiary alicyclic amines) is 1. The first-order chi connectivity index (χ1) is 35.4. The molecule has 14 nitrogen and oxygen atoms in total. The number of phenolic OH excluding ortho intramolecular Hbond substituents is 1. The summed E-state index contributed by atoms with van der Waals surface area (Å²) in [6.45, 7) is 12.3. The molecule has 7 fully saturated rings. The zero-order chi connectivity index (χ0) is 49.8. The molecule has 0 radical (unpaired) electrons. The number of aromatic nitrogens is 2. The number of hydrogen-bond acceptors (Lipinski definition) is 12. The second kappa shape index (κ2) is 18.2. The number of piperidine rings is 2. The van der Waals surface area contributed by atoms with E-state index in [9.17, 15) is 19.5 Å². The summed E-state index contributed by atoms with van der Waals surface area (Å²) >= 11 is 0. The Morgan fingerprint density at radius 1 is 0.836 bits per heavy atom. The largest absolute Gasteiger partial charge is 0.508 e. The summed E-state index contributed by atoms with van der Waals surface area (Å²) in [7, 11) is 0. The van der Waals surface area contributed by atoms with Crippen LogP contribution >= 0.6 is 0 Å². The maximum absolute atomic E-state index is 17.3. The molecule has 5 aromatic rings. The number of imide groups is 1. The summed E-state index contributed by atoms with van der Waals surface area (Å²) < 4.78 is 40.4. The third-order valence-corrected chi connectivity index (χ3v) is 18.2. The Bertz CT molecular complexity index is 3040. The molecule has 2 saturated carbocycles. The lowest BCUT2D eigenvalue weighted by molar-refractivity contribution is -0.136. The fourth-order valence-electron chi connectivity index (χ4n) is 14.1. The number of halogens is 2. The van der Waals surface area contributed by atoms with Crippen molar-refractivity contribution >= 4 is 50.9 Å². The third-order valence-electron chi connectivity index (χ3n) is 18.2. The van der Waals surface area contributed by atoms with E-state index < -0.39 is 17.7 Å². The fourth-order valence-corrected chi connectivity index (χ4v) is 14.1. The number of fused-ring (bicyclic) bond motifs is 5. The maximum Gasteiger partial charge on any atom is 0.319 e. The van der Waals surface area contributed by atoms with Gasteiger partial charge in [0.1, 0.15) is 28.9 Å². The monoisotopic (exact) mass is 994 g/mol. The van der Waals surface area contributed by atoms with Crippen LogP contribution in [0.2, 0.25) is 0 Å². The van der Waals surface area contributed by atoms with Gasteiger partial charge in [-0.05, 0) is 152 Å². The quantitative estimate of drug-likeness (QED) is 0.109. The van der Waals surface area contributed by atoms with Crippen molar-refractivity contribution in [3.05, 3.63) is 82.9 Å². The van der Waals surface area contributed by atoms with Crippen LogP contribution < -0.4 is 25.2 Å². The number of phenols is 1. The lowest BCUT2D eigenvalue weighted by Crippen LogP contribution is -2.53. The molecule has 7 heterocycles. The second-order valence-corrected chi connectivity index (χ2v) is 23.0. The highest BCUT2D eigenvalue weighted by atomic mass is 19.1. The molecule has 1 aromatic heterocycles. The predicted molar refractivity (Wildman–Crippen MR) is 275 cm³/mol. The lowest BCUT2D eigenvalue weighted by atomic mass is 9.57. The number of aromatic hydroxyl groups is 1. The third kappa shape index (κ3) is 8.64. The van der Waals surface area contributed by atoms with E-state index in [0.29, 0.717) is 77.6 Å². The number of piperazine rings is 2. The zero-order valence-corrected chi connectivity index (χ0v) is 41.7. The number of anilines is 2. The van der Waals surface area contributed by atoms with Gasteiger partial charge in [-0.1, -0.05) is 25.1 Å². The molecule has 8 aliphatic rings. The Morgan fingerprint density at radius 2 is 1.62 bits per heavy atom. The average molecular weight is 994 g/mol. The molecular formula is C57H65F2N9O5. The van der Waals surface area contributed by atoms with Gasteiger partial charge in [-0.3, -0.25) is 24.6 Å². The first-order valence-electron chi connectivity index (χ1n) is 27.0. The van der Waals surface area contributed by atoms with Crippen molar-refractivity contribution in [3.8, 4) is 22.9 Å². The molecule has 1 spiro atoms. The van der Waals surface area contributed by atoms with E-state index in [-0.39, 0.29) is 64.5 Å². The van der Waals surface area contributed by atoms with Crippen molar-refractivity contribution < 1.29 is 33.0 Å². The molecule has 6 aliphatic heterocycles. The number of carbonyl (C=O) groups excluding carboxylic acids is 3. The number of ether oxygens (including phenoxy) is 1. The van der Waals surface area contributed by atoms with Gasteiger partial charge in [-0.25, -0.2) is 8.78 Å². The molecule has 5 saturated heterocycles. The minimum Gasteiger partial charge on any atom is -0.508 e. The van der Waals surface area contributed by atoms with Crippen LogP contribution in [0.3, 0.4) is 0 Å². The zero-order valence-electron chi connectivity index (χ0n) is 41.7. The number of amides is 3. The van der Waals surface area contributed by atoms with Crippen LogP contribution in [0.25, 0.3) is 32.8 Å². The molecule has 4 aromatic carbocycles. The van der Waals surface area contributed by atoms with Crippen molar-refractivity contribution in [2.75, 3.05) is 81.9 Å². The standard InChI is InChI=1S/C57H65F2N9O5/c1-2-35-4-3-5-36-23-41(69)24-43(48(35)36)49-45(58)25-44-51(50(49)59)62-55(63-52(44)67-30-38-6-7-39(31-67)60-38)73-33-57(12-13-57)32-65-16-14-56(15-17-65)26-34(27-56)28-64-18-20-66(21-19-64)40-8-9-42-37(22-40)29-68(54(42)72)46-10-11-47(70)61-53(46)71/h3-5,8-9,22-25,34,38-39,46,60,69H,2,6-7,10-21,26-33H2,1H3,(H,61,70,71)/t38?,39?,46-/m0/s1. The first kappa shape index (κ1) is 46.8. The second-order valence-electron chi connectivity index (χ2n) is 23.0. The number of nitrogens with zero attached hydrogens (tertiary/aromatic N) is 7. The SMILES string of the molecule is CCc1cccc2cc(O)cc(-c3c(F)cc4c(N5CC6CCC(C5)N6)nc(OCC5(CN6CCC7(CC6)CC(CN6CCN(c8ccc9c(c8)CN([C@H]8CCC(=O)NC8=O)C9=O)CC6)C7)CC5)nc4c3F)c12. The van der Waals surface area contributed by atoms with Gasteiger partial charge in [0.15, 0.2) is 5.82 Å². The smallest absolute Gasteiger partial charge is 0.319 e. The highest BCUT2D eigenvalue weighted by Crippen LogP contribution is 2.54. The summed E-state index contributed by atoms with van der Waals surface area (Å²) in [6, 6.07) is 16.3. The minimum absolute atomic E-state index is 0.0156. The van der Waals surface area contributed by atoms with Gasteiger partial charge in [-0.15, -0.1) is 0 Å². The van der Waals surface area contributed by atoms with Gasteiger partial charge in [0.25, 0.3) is 5.91 Å². The summed E-state index contributed by atoms with van der Waals surface area (Å²) in [4.78, 5) is 58.6. The van der Waals surface area contributed by atoms with Crippen LogP contribution in [-0.4, -0.2) is 138 Å². The van der Waals surface area contributed by atoms with Crippen molar-refractivity contribution in [1.29, 1.82) is 0 Å². The van der Waals surface area contributed by atoms with Gasteiger partial charge in [0.05, 0.1) is 12.2 Å². The first-order valence-corrected chi connectivity index (χ1v) is 27.0. The number of carbonyl (C=O) groups is 3. The number of hydrogen-bond donors (Lipinski definition) is 3. The van der Waals surface area contributed by atoms with E-state index in [4.69, 9.17) is 14.7 Å². The molecule has 2 unspecified atom stereocenters.